The fraction of sp³-hybridized carbons (Fsp3) is 0.261. The number of anilines is 1. The normalized spacial score (nSPS) is 11.6. The molecule has 2 aromatic carbocycles. The van der Waals surface area contributed by atoms with Gasteiger partial charge in [0, 0.05) is 25.2 Å². The zero-order chi connectivity index (χ0) is 21.0. The number of rotatable bonds is 5. The van der Waals surface area contributed by atoms with Crippen LogP contribution in [0.25, 0.3) is 5.69 Å². The van der Waals surface area contributed by atoms with Crippen molar-refractivity contribution in [3.63, 3.8) is 0 Å². The number of amides is 1. The summed E-state index contributed by atoms with van der Waals surface area (Å²) in [5.41, 5.74) is 6.57. The highest BCUT2D eigenvalue weighted by atomic mass is 16.2. The molecule has 3 rings (SSSR count). The summed E-state index contributed by atoms with van der Waals surface area (Å²) in [5.74, 6) is -0.307. The van der Waals surface area contributed by atoms with E-state index in [4.69, 9.17) is 0 Å². The Hall–Kier alpha value is -3.41. The quantitative estimate of drug-likeness (QED) is 0.530. The van der Waals surface area contributed by atoms with E-state index in [-0.39, 0.29) is 11.3 Å². The largest absolute Gasteiger partial charge is 0.378 e. The third-order valence-corrected chi connectivity index (χ3v) is 4.50. The van der Waals surface area contributed by atoms with Gasteiger partial charge in [0.25, 0.3) is 5.91 Å². The summed E-state index contributed by atoms with van der Waals surface area (Å²) < 4.78 is 1.66. The Morgan fingerprint density at radius 1 is 1.07 bits per heavy atom. The van der Waals surface area contributed by atoms with Crippen LogP contribution in [-0.4, -0.2) is 36.0 Å². The molecule has 6 nitrogen and oxygen atoms in total. The van der Waals surface area contributed by atoms with Crippen LogP contribution in [0, 0.1) is 0 Å². The summed E-state index contributed by atoms with van der Waals surface area (Å²) in [5, 5.41) is 8.78. The van der Waals surface area contributed by atoms with E-state index in [9.17, 15) is 4.79 Å². The molecule has 0 aliphatic heterocycles. The van der Waals surface area contributed by atoms with E-state index in [0.717, 1.165) is 22.6 Å². The highest BCUT2D eigenvalue weighted by Gasteiger charge is 2.23. The Morgan fingerprint density at radius 2 is 1.72 bits per heavy atom. The van der Waals surface area contributed by atoms with E-state index in [1.54, 1.807) is 10.9 Å². The molecule has 0 radical (unpaired) electrons. The van der Waals surface area contributed by atoms with Crippen molar-refractivity contribution in [2.75, 3.05) is 19.0 Å². The number of hydrogen-bond donors (Lipinski definition) is 1. The van der Waals surface area contributed by atoms with Gasteiger partial charge in [-0.25, -0.2) is 10.1 Å². The molecule has 150 valence electrons. The van der Waals surface area contributed by atoms with Crippen LogP contribution in [-0.2, 0) is 5.41 Å². The van der Waals surface area contributed by atoms with Gasteiger partial charge in [-0.1, -0.05) is 51.1 Å². The third-order valence-electron chi connectivity index (χ3n) is 4.50. The van der Waals surface area contributed by atoms with Crippen LogP contribution in [0.1, 0.15) is 42.5 Å². The molecule has 29 heavy (non-hydrogen) atoms. The smallest absolute Gasteiger partial charge is 0.290 e. The van der Waals surface area contributed by atoms with Crippen molar-refractivity contribution in [2.24, 2.45) is 5.10 Å². The third kappa shape index (κ3) is 4.90. The second kappa shape index (κ2) is 8.31. The lowest BCUT2D eigenvalue weighted by Gasteiger charge is -2.14. The zero-order valence-corrected chi connectivity index (χ0v) is 17.5. The molecule has 0 spiro atoms. The highest BCUT2D eigenvalue weighted by molar-refractivity contribution is 5.94. The van der Waals surface area contributed by atoms with Crippen molar-refractivity contribution in [3.05, 3.63) is 77.6 Å². The molecule has 0 bridgehead atoms. The second-order valence-electron chi connectivity index (χ2n) is 8.10. The molecule has 0 aliphatic carbocycles. The van der Waals surface area contributed by atoms with E-state index in [1.165, 1.54) is 0 Å². The van der Waals surface area contributed by atoms with Crippen LogP contribution < -0.4 is 10.3 Å². The predicted molar refractivity (Wildman–Crippen MR) is 118 cm³/mol. The molecule has 1 aromatic heterocycles. The molecule has 0 saturated carbocycles. The summed E-state index contributed by atoms with van der Waals surface area (Å²) in [6.07, 6.45) is 1.63. The number of para-hydroxylation sites is 1. The van der Waals surface area contributed by atoms with E-state index in [2.05, 4.69) is 36.4 Å². The van der Waals surface area contributed by atoms with E-state index in [1.807, 2.05) is 79.7 Å². The zero-order valence-electron chi connectivity index (χ0n) is 17.5. The fourth-order valence-electron chi connectivity index (χ4n) is 2.76. The van der Waals surface area contributed by atoms with Gasteiger partial charge >= 0.3 is 0 Å². The highest BCUT2D eigenvalue weighted by Crippen LogP contribution is 2.23. The minimum atomic E-state index is -0.307. The first-order valence-corrected chi connectivity index (χ1v) is 9.52. The topological polar surface area (TPSA) is 62.5 Å². The molecular formula is C23H27N5O. The number of hydrogen-bond acceptors (Lipinski definition) is 4. The Balaban J connectivity index is 1.82. The number of aromatic nitrogens is 2. The molecule has 0 atom stereocenters. The van der Waals surface area contributed by atoms with Crippen LogP contribution >= 0.6 is 0 Å². The molecular weight excluding hydrogens is 362 g/mol. The molecule has 0 saturated heterocycles. The van der Waals surface area contributed by atoms with Gasteiger partial charge in [0.15, 0.2) is 0 Å². The molecule has 6 heteroatoms. The SMILES string of the molecule is CN(C)c1ccc(/C=N\NC(=O)c2cc(C(C)(C)C)nn2-c2ccccc2)cc1. The summed E-state index contributed by atoms with van der Waals surface area (Å²) in [6.45, 7) is 6.21. The van der Waals surface area contributed by atoms with Crippen molar-refractivity contribution in [1.29, 1.82) is 0 Å². The Kier molecular flexibility index (Phi) is 5.82. The molecule has 3 aromatic rings. The van der Waals surface area contributed by atoms with Crippen molar-refractivity contribution in [1.82, 2.24) is 15.2 Å². The predicted octanol–water partition coefficient (Wildman–Crippen LogP) is 4.00. The van der Waals surface area contributed by atoms with Crippen molar-refractivity contribution >= 4 is 17.8 Å². The van der Waals surface area contributed by atoms with Gasteiger partial charge in [-0.15, -0.1) is 0 Å². The first-order chi connectivity index (χ1) is 13.8. The lowest BCUT2D eigenvalue weighted by atomic mass is 9.92. The van der Waals surface area contributed by atoms with Crippen LogP contribution in [0.3, 0.4) is 0 Å². The van der Waals surface area contributed by atoms with Crippen molar-refractivity contribution in [3.8, 4) is 5.69 Å². The van der Waals surface area contributed by atoms with Crippen molar-refractivity contribution < 1.29 is 4.79 Å². The maximum atomic E-state index is 12.8. The number of carbonyl (C=O) groups excluding carboxylic acids is 1. The number of nitrogens with zero attached hydrogens (tertiary/aromatic N) is 4. The first kappa shape index (κ1) is 20.3. The fourth-order valence-corrected chi connectivity index (χ4v) is 2.76. The summed E-state index contributed by atoms with van der Waals surface area (Å²) in [7, 11) is 3.98. The van der Waals surface area contributed by atoms with Gasteiger partial charge in [0.1, 0.15) is 5.69 Å². The van der Waals surface area contributed by atoms with E-state index >= 15 is 0 Å². The Labute approximate surface area is 171 Å². The van der Waals surface area contributed by atoms with Crippen molar-refractivity contribution in [2.45, 2.75) is 26.2 Å². The standard InChI is InChI=1S/C23H27N5O/c1-23(2,3)21-15-20(28(26-21)19-9-7-6-8-10-19)22(29)25-24-16-17-11-13-18(14-12-17)27(4)5/h6-16H,1-5H3,(H,25,29)/b24-16-. The van der Waals surface area contributed by atoms with Gasteiger partial charge in [-0.05, 0) is 35.9 Å². The van der Waals surface area contributed by atoms with E-state index < -0.39 is 0 Å². The van der Waals surface area contributed by atoms with Crippen LogP contribution in [0.2, 0.25) is 0 Å². The Bertz CT molecular complexity index is 996. The number of nitrogens with one attached hydrogen (secondary N) is 1. The first-order valence-electron chi connectivity index (χ1n) is 9.52. The Morgan fingerprint density at radius 3 is 2.31 bits per heavy atom. The maximum absolute atomic E-state index is 12.8. The summed E-state index contributed by atoms with van der Waals surface area (Å²) in [6, 6.07) is 19.4. The summed E-state index contributed by atoms with van der Waals surface area (Å²) >= 11 is 0. The number of benzene rings is 2. The lowest BCUT2D eigenvalue weighted by molar-refractivity contribution is 0.0947. The number of carbonyl (C=O) groups is 1. The van der Waals surface area contributed by atoms with Crippen LogP contribution in [0.5, 0.6) is 0 Å². The summed E-state index contributed by atoms with van der Waals surface area (Å²) in [4.78, 5) is 14.8. The molecule has 1 heterocycles. The molecule has 1 amide bonds. The van der Waals surface area contributed by atoms with Gasteiger partial charge in [0.05, 0.1) is 17.6 Å². The molecule has 0 fully saturated rings. The molecule has 0 unspecified atom stereocenters. The number of hydrazone groups is 1. The van der Waals surface area contributed by atoms with Gasteiger partial charge < -0.3 is 4.90 Å². The average Bonchev–Trinajstić information content (AvgIpc) is 3.15. The average molecular weight is 390 g/mol. The minimum Gasteiger partial charge on any atom is -0.378 e. The van der Waals surface area contributed by atoms with Crippen LogP contribution in [0.15, 0.2) is 65.8 Å². The van der Waals surface area contributed by atoms with Gasteiger partial charge in [0.2, 0.25) is 0 Å². The molecule has 1 N–H and O–H groups in total. The lowest BCUT2D eigenvalue weighted by Crippen LogP contribution is -2.21. The van der Waals surface area contributed by atoms with Gasteiger partial charge in [-0.3, -0.25) is 4.79 Å². The monoisotopic (exact) mass is 389 g/mol. The molecule has 0 aliphatic rings. The van der Waals surface area contributed by atoms with E-state index in [0.29, 0.717) is 5.69 Å². The second-order valence-corrected chi connectivity index (χ2v) is 8.10. The van der Waals surface area contributed by atoms with Gasteiger partial charge in [-0.2, -0.15) is 10.2 Å². The van der Waals surface area contributed by atoms with Crippen LogP contribution in [0.4, 0.5) is 5.69 Å². The maximum Gasteiger partial charge on any atom is 0.290 e. The minimum absolute atomic E-state index is 0.174.